The number of rotatable bonds is 3. The third-order valence-corrected chi connectivity index (χ3v) is 7.46. The first-order valence-corrected chi connectivity index (χ1v) is 11.0. The predicted octanol–water partition coefficient (Wildman–Crippen LogP) is 6.15. The van der Waals surface area contributed by atoms with Gasteiger partial charge in [0, 0.05) is 10.8 Å². The van der Waals surface area contributed by atoms with Crippen molar-refractivity contribution in [2.24, 2.45) is 11.8 Å². The molecule has 0 spiro atoms. The molecule has 1 aliphatic heterocycles. The van der Waals surface area contributed by atoms with E-state index in [0.29, 0.717) is 5.56 Å². The molecule has 1 saturated carbocycles. The maximum Gasteiger partial charge on any atom is 0.231 e. The lowest BCUT2D eigenvalue weighted by Crippen LogP contribution is -2.46. The first-order valence-electron chi connectivity index (χ1n) is 10.2. The second kappa shape index (κ2) is 7.63. The van der Waals surface area contributed by atoms with E-state index in [4.69, 9.17) is 0 Å². The number of hydrogen-bond donors (Lipinski definition) is 2. The fourth-order valence-corrected chi connectivity index (χ4v) is 5.66. The fourth-order valence-electron chi connectivity index (χ4n) is 4.41. The van der Waals surface area contributed by atoms with Gasteiger partial charge in [-0.15, -0.1) is 11.3 Å². The van der Waals surface area contributed by atoms with E-state index in [1.807, 2.05) is 36.4 Å². The number of nitrogens with zero attached hydrogens (tertiary/aromatic N) is 1. The van der Waals surface area contributed by atoms with Crippen molar-refractivity contribution in [3.05, 3.63) is 47.7 Å². The highest BCUT2D eigenvalue weighted by atomic mass is 32.1. The van der Waals surface area contributed by atoms with Gasteiger partial charge in [0.2, 0.25) is 5.91 Å². The van der Waals surface area contributed by atoms with E-state index < -0.39 is 6.04 Å². The number of aliphatic hydroxyl groups excluding tert-OH is 2. The molecule has 2 N–H and O–H groups in total. The van der Waals surface area contributed by atoms with Crippen LogP contribution in [0.2, 0.25) is 0 Å². The van der Waals surface area contributed by atoms with Crippen molar-refractivity contribution < 1.29 is 15.0 Å². The van der Waals surface area contributed by atoms with Crippen LogP contribution < -0.4 is 4.90 Å². The van der Waals surface area contributed by atoms with E-state index in [-0.39, 0.29) is 23.3 Å². The molecule has 1 aromatic carbocycles. The van der Waals surface area contributed by atoms with E-state index in [9.17, 15) is 15.0 Å². The number of benzene rings is 1. The summed E-state index contributed by atoms with van der Waals surface area (Å²) in [7, 11) is 0. The number of anilines is 1. The molecule has 1 aromatic heterocycles. The molecule has 4 nitrogen and oxygen atoms in total. The number of hydrogen-bond acceptors (Lipinski definition) is 4. The second-order valence-electron chi connectivity index (χ2n) is 7.94. The lowest BCUT2D eigenvalue weighted by Gasteiger charge is -2.36. The second-order valence-corrected chi connectivity index (χ2v) is 8.97. The summed E-state index contributed by atoms with van der Waals surface area (Å²) < 4.78 is 0. The van der Waals surface area contributed by atoms with Gasteiger partial charge in [-0.25, -0.2) is 0 Å². The van der Waals surface area contributed by atoms with Crippen LogP contribution >= 0.6 is 11.3 Å². The normalized spacial score (nSPS) is 24.9. The monoisotopic (exact) mass is 397 g/mol. The summed E-state index contributed by atoms with van der Waals surface area (Å²) in [6.45, 7) is 4.00. The molecule has 1 fully saturated rings. The van der Waals surface area contributed by atoms with Crippen LogP contribution in [-0.4, -0.2) is 22.2 Å². The van der Waals surface area contributed by atoms with Gasteiger partial charge in [-0.3, -0.25) is 9.69 Å². The Morgan fingerprint density at radius 3 is 2.46 bits per heavy atom. The summed E-state index contributed by atoms with van der Waals surface area (Å²) >= 11 is 1.50. The van der Waals surface area contributed by atoms with Gasteiger partial charge in [-0.2, -0.15) is 0 Å². The van der Waals surface area contributed by atoms with Crippen LogP contribution in [0.15, 0.2) is 42.2 Å². The Bertz CT molecular complexity index is 894. The molecule has 1 unspecified atom stereocenters. The molecule has 2 aromatic rings. The zero-order valence-corrected chi connectivity index (χ0v) is 17.2. The molecule has 5 heteroatoms. The zero-order chi connectivity index (χ0) is 19.8. The quantitative estimate of drug-likeness (QED) is 0.653. The molecule has 0 bridgehead atoms. The maximum absolute atomic E-state index is 13.4. The first-order chi connectivity index (χ1) is 13.5. The molecule has 1 aliphatic carbocycles. The lowest BCUT2D eigenvalue weighted by atomic mass is 9.80. The fraction of sp³-hybridized carbons (Fsp3) is 0.435. The Balaban J connectivity index is 1.69. The van der Waals surface area contributed by atoms with Gasteiger partial charge >= 0.3 is 0 Å². The van der Waals surface area contributed by atoms with Gasteiger partial charge in [-0.1, -0.05) is 43.7 Å². The van der Waals surface area contributed by atoms with Gasteiger partial charge in [0.25, 0.3) is 0 Å². The molecule has 1 atom stereocenters. The van der Waals surface area contributed by atoms with Crippen molar-refractivity contribution in [1.29, 1.82) is 0 Å². The Morgan fingerprint density at radius 2 is 1.82 bits per heavy atom. The van der Waals surface area contributed by atoms with Crippen LogP contribution in [0, 0.1) is 11.8 Å². The number of amides is 1. The average Bonchev–Trinajstić information content (AvgIpc) is 3.18. The Morgan fingerprint density at radius 1 is 1.14 bits per heavy atom. The highest BCUT2D eigenvalue weighted by Crippen LogP contribution is 2.46. The highest BCUT2D eigenvalue weighted by Gasteiger charge is 2.39. The Labute approximate surface area is 170 Å². The molecule has 4 rings (SSSR count). The lowest BCUT2D eigenvalue weighted by molar-refractivity contribution is -0.124. The van der Waals surface area contributed by atoms with Gasteiger partial charge in [-0.05, 0) is 50.2 Å². The van der Waals surface area contributed by atoms with E-state index in [2.05, 4.69) is 6.92 Å². The number of thiophene rings is 1. The summed E-state index contributed by atoms with van der Waals surface area (Å²) in [5.41, 5.74) is 1.59. The first kappa shape index (κ1) is 19.1. The summed E-state index contributed by atoms with van der Waals surface area (Å²) in [5.74, 6) is 0.555. The summed E-state index contributed by atoms with van der Waals surface area (Å²) in [6, 6.07) is 11.3. The summed E-state index contributed by atoms with van der Waals surface area (Å²) in [6.07, 6.45) is 5.17. The minimum atomic E-state index is -0.550. The van der Waals surface area contributed by atoms with Crippen LogP contribution in [0.1, 0.15) is 51.5 Å². The molecule has 0 saturated heterocycles. The van der Waals surface area contributed by atoms with Crippen molar-refractivity contribution in [3.8, 4) is 10.4 Å². The number of carbonyl (C=O) groups excluding carboxylic acids is 1. The minimum Gasteiger partial charge on any atom is -0.506 e. The molecule has 148 valence electrons. The molecule has 0 radical (unpaired) electrons. The molecule has 2 heterocycles. The standard InChI is InChI=1S/C23H27NO3S/c1-3-15-9-11-17(12-10-15)22(27)24-14(2)20(25)21(26)18-13-19(28-23(18)24)16-7-5-4-6-8-16/h4-8,13-15,17,25-26H,3,9-12H2,1-2H3/t14?,15-,17-. The molecule has 28 heavy (non-hydrogen) atoms. The molecule has 1 amide bonds. The molecule has 2 aliphatic rings. The highest BCUT2D eigenvalue weighted by molar-refractivity contribution is 7.20. The van der Waals surface area contributed by atoms with E-state index in [1.54, 1.807) is 11.8 Å². The van der Waals surface area contributed by atoms with Gasteiger partial charge in [0.05, 0.1) is 11.6 Å². The van der Waals surface area contributed by atoms with E-state index in [1.165, 1.54) is 17.8 Å². The maximum atomic E-state index is 13.4. The average molecular weight is 398 g/mol. The Kier molecular flexibility index (Phi) is 5.19. The zero-order valence-electron chi connectivity index (χ0n) is 16.4. The summed E-state index contributed by atoms with van der Waals surface area (Å²) in [4.78, 5) is 16.1. The SMILES string of the molecule is CC[C@H]1CC[C@H](C(=O)N2c3sc(-c4ccccc4)cc3C(O)=C(O)C2C)CC1. The van der Waals surface area contributed by atoms with Crippen LogP contribution in [0.4, 0.5) is 5.00 Å². The summed E-state index contributed by atoms with van der Waals surface area (Å²) in [5, 5.41) is 21.8. The smallest absolute Gasteiger partial charge is 0.231 e. The van der Waals surface area contributed by atoms with Crippen molar-refractivity contribution in [3.63, 3.8) is 0 Å². The number of carbonyl (C=O) groups is 1. The van der Waals surface area contributed by atoms with Crippen molar-refractivity contribution in [2.75, 3.05) is 4.90 Å². The number of aliphatic hydroxyl groups is 2. The van der Waals surface area contributed by atoms with Crippen LogP contribution in [0.5, 0.6) is 0 Å². The van der Waals surface area contributed by atoms with Crippen molar-refractivity contribution >= 4 is 28.0 Å². The molecular weight excluding hydrogens is 370 g/mol. The van der Waals surface area contributed by atoms with E-state index >= 15 is 0 Å². The van der Waals surface area contributed by atoms with Gasteiger partial charge in [0.1, 0.15) is 5.00 Å². The van der Waals surface area contributed by atoms with Crippen molar-refractivity contribution in [1.82, 2.24) is 0 Å². The van der Waals surface area contributed by atoms with Gasteiger partial charge in [0.15, 0.2) is 11.5 Å². The Hall–Kier alpha value is -2.27. The third kappa shape index (κ3) is 3.22. The van der Waals surface area contributed by atoms with Crippen molar-refractivity contribution in [2.45, 2.75) is 52.0 Å². The number of fused-ring (bicyclic) bond motifs is 1. The predicted molar refractivity (Wildman–Crippen MR) is 115 cm³/mol. The minimum absolute atomic E-state index is 0.00609. The van der Waals surface area contributed by atoms with Crippen LogP contribution in [0.25, 0.3) is 16.2 Å². The molecular formula is C23H27NO3S. The largest absolute Gasteiger partial charge is 0.506 e. The van der Waals surface area contributed by atoms with Gasteiger partial charge < -0.3 is 10.2 Å². The van der Waals surface area contributed by atoms with Crippen LogP contribution in [0.3, 0.4) is 0 Å². The van der Waals surface area contributed by atoms with E-state index in [0.717, 1.165) is 47.0 Å². The van der Waals surface area contributed by atoms with Crippen LogP contribution in [-0.2, 0) is 4.79 Å². The topological polar surface area (TPSA) is 60.8 Å². The third-order valence-electron chi connectivity index (χ3n) is 6.28.